The van der Waals surface area contributed by atoms with Crippen molar-refractivity contribution in [3.63, 3.8) is 0 Å². The van der Waals surface area contributed by atoms with E-state index < -0.39 is 0 Å². The number of rotatable bonds is 2. The highest BCUT2D eigenvalue weighted by Crippen LogP contribution is 2.21. The molecule has 1 atom stereocenters. The molecule has 0 aliphatic carbocycles. The molecule has 1 aliphatic heterocycles. The first-order valence-corrected chi connectivity index (χ1v) is 7.07. The van der Waals surface area contributed by atoms with Gasteiger partial charge in [0.2, 0.25) is 0 Å². The second-order valence-corrected chi connectivity index (χ2v) is 5.76. The lowest BCUT2D eigenvalue weighted by Crippen LogP contribution is -2.40. The molecule has 0 radical (unpaired) electrons. The Morgan fingerprint density at radius 3 is 3.00 bits per heavy atom. The largest absolute Gasteiger partial charge is 0.396 e. The van der Waals surface area contributed by atoms with Crippen LogP contribution in [0, 0.1) is 12.8 Å². The molecule has 1 aromatic rings. The standard InChI is InChI=1S/C14H18BrNO2/c1-10-4-5-12(7-13(10)15)14(18)16-6-2-3-11(8-16)9-17/h4-5,7,11,17H,2-3,6,8-9H2,1H3. The molecule has 1 aromatic carbocycles. The van der Waals surface area contributed by atoms with Crippen LogP contribution in [0.1, 0.15) is 28.8 Å². The lowest BCUT2D eigenvalue weighted by Gasteiger charge is -2.32. The molecule has 0 saturated carbocycles. The molecule has 1 unspecified atom stereocenters. The smallest absolute Gasteiger partial charge is 0.253 e. The summed E-state index contributed by atoms with van der Waals surface area (Å²) < 4.78 is 0.962. The maximum atomic E-state index is 12.3. The number of benzene rings is 1. The first-order valence-electron chi connectivity index (χ1n) is 6.28. The Hall–Kier alpha value is -0.870. The van der Waals surface area contributed by atoms with Gasteiger partial charge in [-0.15, -0.1) is 0 Å². The normalized spacial score (nSPS) is 19.9. The van der Waals surface area contributed by atoms with Gasteiger partial charge in [0.15, 0.2) is 0 Å². The number of carbonyl (C=O) groups is 1. The van der Waals surface area contributed by atoms with Crippen molar-refractivity contribution in [1.29, 1.82) is 0 Å². The molecular weight excluding hydrogens is 294 g/mol. The van der Waals surface area contributed by atoms with Crippen molar-refractivity contribution in [3.8, 4) is 0 Å². The minimum atomic E-state index is 0.0638. The summed E-state index contributed by atoms with van der Waals surface area (Å²) >= 11 is 3.45. The first kappa shape index (κ1) is 13.6. The lowest BCUT2D eigenvalue weighted by molar-refractivity contribution is 0.0620. The second-order valence-electron chi connectivity index (χ2n) is 4.91. The van der Waals surface area contributed by atoms with E-state index in [0.717, 1.165) is 29.4 Å². The molecule has 1 aliphatic rings. The molecule has 1 amide bonds. The Bertz CT molecular complexity index is 447. The number of carbonyl (C=O) groups excluding carboxylic acids is 1. The second kappa shape index (κ2) is 5.85. The van der Waals surface area contributed by atoms with Gasteiger partial charge in [-0.25, -0.2) is 0 Å². The maximum Gasteiger partial charge on any atom is 0.253 e. The van der Waals surface area contributed by atoms with Crippen LogP contribution >= 0.6 is 15.9 Å². The number of hydrogen-bond donors (Lipinski definition) is 1. The number of aryl methyl sites for hydroxylation is 1. The Kier molecular flexibility index (Phi) is 4.40. The molecule has 1 N–H and O–H groups in total. The highest BCUT2D eigenvalue weighted by molar-refractivity contribution is 9.10. The van der Waals surface area contributed by atoms with E-state index in [0.29, 0.717) is 12.1 Å². The average Bonchev–Trinajstić information content (AvgIpc) is 2.41. The topological polar surface area (TPSA) is 40.5 Å². The molecule has 1 saturated heterocycles. The maximum absolute atomic E-state index is 12.3. The summed E-state index contributed by atoms with van der Waals surface area (Å²) in [7, 11) is 0. The van der Waals surface area contributed by atoms with Crippen LogP contribution in [-0.2, 0) is 0 Å². The van der Waals surface area contributed by atoms with Gasteiger partial charge in [-0.2, -0.15) is 0 Å². The summed E-state index contributed by atoms with van der Waals surface area (Å²) in [5.41, 5.74) is 1.84. The van der Waals surface area contributed by atoms with E-state index in [-0.39, 0.29) is 18.4 Å². The van der Waals surface area contributed by atoms with Crippen LogP contribution in [0.5, 0.6) is 0 Å². The quantitative estimate of drug-likeness (QED) is 0.912. The van der Waals surface area contributed by atoms with E-state index in [1.54, 1.807) is 0 Å². The third-order valence-electron chi connectivity index (χ3n) is 3.48. The van der Waals surface area contributed by atoms with Crippen molar-refractivity contribution >= 4 is 21.8 Å². The predicted octanol–water partition coefficient (Wildman–Crippen LogP) is 2.60. The van der Waals surface area contributed by atoms with E-state index in [1.165, 1.54) is 0 Å². The Morgan fingerprint density at radius 1 is 1.56 bits per heavy atom. The van der Waals surface area contributed by atoms with Gasteiger partial charge < -0.3 is 10.0 Å². The fourth-order valence-electron chi connectivity index (χ4n) is 2.31. The first-order chi connectivity index (χ1) is 8.61. The van der Waals surface area contributed by atoms with Gasteiger partial charge in [0, 0.05) is 29.7 Å². The van der Waals surface area contributed by atoms with Gasteiger partial charge in [0.1, 0.15) is 0 Å². The van der Waals surface area contributed by atoms with Crippen molar-refractivity contribution < 1.29 is 9.90 Å². The molecule has 1 fully saturated rings. The SMILES string of the molecule is Cc1ccc(C(=O)N2CCCC(CO)C2)cc1Br. The fourth-order valence-corrected chi connectivity index (χ4v) is 2.69. The van der Waals surface area contributed by atoms with E-state index >= 15 is 0 Å². The van der Waals surface area contributed by atoms with Crippen LogP contribution in [0.4, 0.5) is 0 Å². The van der Waals surface area contributed by atoms with Gasteiger partial charge in [-0.1, -0.05) is 22.0 Å². The molecule has 0 spiro atoms. The van der Waals surface area contributed by atoms with Crippen molar-refractivity contribution in [1.82, 2.24) is 4.90 Å². The number of amides is 1. The van der Waals surface area contributed by atoms with E-state index in [2.05, 4.69) is 15.9 Å². The van der Waals surface area contributed by atoms with E-state index in [1.807, 2.05) is 30.0 Å². The van der Waals surface area contributed by atoms with Gasteiger partial charge >= 0.3 is 0 Å². The summed E-state index contributed by atoms with van der Waals surface area (Å²) in [6, 6.07) is 5.69. The Balaban J connectivity index is 2.12. The number of halogens is 1. The predicted molar refractivity (Wildman–Crippen MR) is 74.6 cm³/mol. The highest BCUT2D eigenvalue weighted by Gasteiger charge is 2.24. The zero-order valence-corrected chi connectivity index (χ0v) is 12.1. The highest BCUT2D eigenvalue weighted by atomic mass is 79.9. The molecule has 98 valence electrons. The molecule has 2 rings (SSSR count). The number of likely N-dealkylation sites (tertiary alicyclic amines) is 1. The molecule has 3 nitrogen and oxygen atoms in total. The Morgan fingerprint density at radius 2 is 2.33 bits per heavy atom. The fraction of sp³-hybridized carbons (Fsp3) is 0.500. The summed E-state index contributed by atoms with van der Waals surface area (Å²) in [4.78, 5) is 14.2. The van der Waals surface area contributed by atoms with E-state index in [4.69, 9.17) is 0 Å². The van der Waals surface area contributed by atoms with Crippen LogP contribution in [0.25, 0.3) is 0 Å². The zero-order chi connectivity index (χ0) is 13.1. The number of hydrogen-bond acceptors (Lipinski definition) is 2. The van der Waals surface area contributed by atoms with Crippen LogP contribution in [0.3, 0.4) is 0 Å². The zero-order valence-electron chi connectivity index (χ0n) is 10.5. The minimum Gasteiger partial charge on any atom is -0.396 e. The van der Waals surface area contributed by atoms with Crippen molar-refractivity contribution in [3.05, 3.63) is 33.8 Å². The third kappa shape index (κ3) is 2.93. The number of piperidine rings is 1. The summed E-state index contributed by atoms with van der Waals surface area (Å²) in [5, 5.41) is 9.20. The van der Waals surface area contributed by atoms with Crippen LogP contribution in [0.2, 0.25) is 0 Å². The molecule has 0 aromatic heterocycles. The van der Waals surface area contributed by atoms with Crippen LogP contribution < -0.4 is 0 Å². The number of aliphatic hydroxyl groups excluding tert-OH is 1. The van der Waals surface area contributed by atoms with Gasteiger partial charge in [0.25, 0.3) is 5.91 Å². The van der Waals surface area contributed by atoms with Crippen LogP contribution in [0.15, 0.2) is 22.7 Å². The summed E-state index contributed by atoms with van der Waals surface area (Å²) in [5.74, 6) is 0.297. The molecule has 1 heterocycles. The minimum absolute atomic E-state index is 0.0638. The van der Waals surface area contributed by atoms with Crippen molar-refractivity contribution in [2.45, 2.75) is 19.8 Å². The third-order valence-corrected chi connectivity index (χ3v) is 4.34. The van der Waals surface area contributed by atoms with Gasteiger partial charge in [-0.05, 0) is 43.4 Å². The summed E-state index contributed by atoms with van der Waals surface area (Å²) in [6.07, 6.45) is 1.99. The number of aliphatic hydroxyl groups is 1. The van der Waals surface area contributed by atoms with Crippen molar-refractivity contribution in [2.75, 3.05) is 19.7 Å². The molecular formula is C14H18BrNO2. The average molecular weight is 312 g/mol. The van der Waals surface area contributed by atoms with Gasteiger partial charge in [0.05, 0.1) is 0 Å². The molecule has 0 bridgehead atoms. The van der Waals surface area contributed by atoms with Crippen molar-refractivity contribution in [2.24, 2.45) is 5.92 Å². The summed E-state index contributed by atoms with van der Waals surface area (Å²) in [6.45, 7) is 3.63. The Labute approximate surface area is 116 Å². The van der Waals surface area contributed by atoms with E-state index in [9.17, 15) is 9.90 Å². The number of nitrogens with zero attached hydrogens (tertiary/aromatic N) is 1. The molecule has 4 heteroatoms. The van der Waals surface area contributed by atoms with Gasteiger partial charge in [-0.3, -0.25) is 4.79 Å². The monoisotopic (exact) mass is 311 g/mol. The van der Waals surface area contributed by atoms with Crippen LogP contribution in [-0.4, -0.2) is 35.6 Å². The molecule has 18 heavy (non-hydrogen) atoms. The lowest BCUT2D eigenvalue weighted by atomic mass is 9.98.